The minimum Gasteiger partial charge on any atom is -0.445 e. The van der Waals surface area contributed by atoms with E-state index in [0.717, 1.165) is 18.4 Å². The molecule has 4 atom stereocenters. The smallest absolute Gasteiger partial charge is 0.410 e. The second-order valence-corrected chi connectivity index (χ2v) is 14.8. The van der Waals surface area contributed by atoms with Crippen LogP contribution in [0.3, 0.4) is 0 Å². The monoisotopic (exact) mass is 650 g/mol. The second kappa shape index (κ2) is 16.6. The summed E-state index contributed by atoms with van der Waals surface area (Å²) in [6.07, 6.45) is 1.73. The van der Waals surface area contributed by atoms with E-state index < -0.39 is 34.5 Å². The Morgan fingerprint density at radius 2 is 1.35 bits per heavy atom. The van der Waals surface area contributed by atoms with Crippen LogP contribution < -0.4 is 11.1 Å². The molecule has 262 valence electrons. The van der Waals surface area contributed by atoms with Crippen molar-refractivity contribution in [1.29, 1.82) is 0 Å². The summed E-state index contributed by atoms with van der Waals surface area (Å²) in [5.74, 6) is -0.273. The van der Waals surface area contributed by atoms with Gasteiger partial charge in [-0.2, -0.15) is 0 Å². The van der Waals surface area contributed by atoms with Crippen molar-refractivity contribution in [2.75, 3.05) is 39.4 Å². The lowest BCUT2D eigenvalue weighted by atomic mass is 9.79. The maximum Gasteiger partial charge on any atom is 0.410 e. The van der Waals surface area contributed by atoms with Crippen LogP contribution in [0.4, 0.5) is 14.4 Å². The second-order valence-electron chi connectivity index (χ2n) is 14.8. The van der Waals surface area contributed by atoms with Crippen LogP contribution in [0.25, 0.3) is 0 Å². The zero-order chi connectivity index (χ0) is 34.8. The van der Waals surface area contributed by atoms with Crippen LogP contribution in [-0.2, 0) is 20.8 Å². The number of hydrogen-bond donors (Lipinski definition) is 4. The van der Waals surface area contributed by atoms with E-state index in [1.807, 2.05) is 85.7 Å². The first kappa shape index (κ1) is 39.1. The molecule has 0 spiro atoms. The molecule has 4 unspecified atom stereocenters. The van der Waals surface area contributed by atoms with E-state index in [1.54, 1.807) is 9.80 Å². The Kier molecular flexibility index (Phi) is 14.1. The first-order valence-electron chi connectivity index (χ1n) is 16.3. The van der Waals surface area contributed by atoms with Gasteiger partial charge in [-0.05, 0) is 78.7 Å². The van der Waals surface area contributed by atoms with E-state index in [1.165, 1.54) is 0 Å². The molecular weight excluding hydrogens is 592 g/mol. The van der Waals surface area contributed by atoms with Gasteiger partial charge in [0, 0.05) is 50.8 Å². The van der Waals surface area contributed by atoms with Crippen LogP contribution in [0.2, 0.25) is 0 Å². The number of nitrogens with one attached hydrogen (secondary N) is 1. The van der Waals surface area contributed by atoms with E-state index in [-0.39, 0.29) is 44.3 Å². The number of alkyl carbamates (subject to hydrolysis) is 1. The standard InChI is InChI=1S/C21H32N2O5.C13H26N2O3/c1-16(13-24)21(22-18(25)27-14-17-9-6-5-7-10-17)11-8-12-23(15-21)19(26)28-20(2,3)4;1-10(8-16)13(14)6-5-7-15(9-13)11(17)18-12(2,3)4/h5-7,9-10,16,24H,8,11-15H2,1-4H3,(H,22,25);10,16H,5-9,14H2,1-4H3. The Bertz CT molecular complexity index is 1120. The number of ether oxygens (including phenoxy) is 3. The highest BCUT2D eigenvalue weighted by Gasteiger charge is 2.44. The molecule has 2 aliphatic heterocycles. The summed E-state index contributed by atoms with van der Waals surface area (Å²) >= 11 is 0. The van der Waals surface area contributed by atoms with Crippen LogP contribution in [-0.4, -0.2) is 100.0 Å². The third-order valence-electron chi connectivity index (χ3n) is 8.42. The quantitative estimate of drug-likeness (QED) is 0.308. The molecule has 2 heterocycles. The maximum absolute atomic E-state index is 12.5. The molecule has 12 nitrogen and oxygen atoms in total. The fraction of sp³-hybridized carbons (Fsp3) is 0.735. The fourth-order valence-electron chi connectivity index (χ4n) is 5.51. The van der Waals surface area contributed by atoms with Gasteiger partial charge in [0.15, 0.2) is 0 Å². The lowest BCUT2D eigenvalue weighted by Gasteiger charge is -2.46. The lowest BCUT2D eigenvalue weighted by molar-refractivity contribution is -0.00133. The summed E-state index contributed by atoms with van der Waals surface area (Å²) in [7, 11) is 0. The summed E-state index contributed by atoms with van der Waals surface area (Å²) in [6, 6.07) is 9.42. The normalized spacial score (nSPS) is 23.3. The number of aliphatic hydroxyl groups excluding tert-OH is 2. The molecule has 0 saturated carbocycles. The topological polar surface area (TPSA) is 164 Å². The summed E-state index contributed by atoms with van der Waals surface area (Å²) in [5, 5.41) is 21.9. The van der Waals surface area contributed by atoms with Crippen LogP contribution in [0.15, 0.2) is 30.3 Å². The van der Waals surface area contributed by atoms with Crippen molar-refractivity contribution >= 4 is 18.3 Å². The summed E-state index contributed by atoms with van der Waals surface area (Å²) in [6.45, 7) is 16.8. The van der Waals surface area contributed by atoms with Gasteiger partial charge in [0.2, 0.25) is 0 Å². The first-order chi connectivity index (χ1) is 21.3. The number of nitrogens with zero attached hydrogens (tertiary/aromatic N) is 2. The van der Waals surface area contributed by atoms with Crippen molar-refractivity contribution < 1.29 is 38.8 Å². The van der Waals surface area contributed by atoms with Gasteiger partial charge in [0.1, 0.15) is 17.8 Å². The Morgan fingerprint density at radius 1 is 0.848 bits per heavy atom. The van der Waals surface area contributed by atoms with E-state index in [0.29, 0.717) is 32.5 Å². The molecule has 1 aromatic rings. The van der Waals surface area contributed by atoms with Gasteiger partial charge in [0.05, 0.1) is 5.54 Å². The van der Waals surface area contributed by atoms with Crippen molar-refractivity contribution in [2.45, 2.75) is 110 Å². The third-order valence-corrected chi connectivity index (χ3v) is 8.42. The molecular formula is C34H58N4O8. The highest BCUT2D eigenvalue weighted by Crippen LogP contribution is 2.30. The number of benzene rings is 1. The van der Waals surface area contributed by atoms with Gasteiger partial charge in [-0.25, -0.2) is 14.4 Å². The summed E-state index contributed by atoms with van der Waals surface area (Å²) in [4.78, 5) is 40.2. The predicted octanol–water partition coefficient (Wildman–Crippen LogP) is 4.65. The summed E-state index contributed by atoms with van der Waals surface area (Å²) in [5.41, 5.74) is 4.82. The van der Waals surface area contributed by atoms with Crippen molar-refractivity contribution in [1.82, 2.24) is 15.1 Å². The van der Waals surface area contributed by atoms with Gasteiger partial charge in [0.25, 0.3) is 0 Å². The average molecular weight is 651 g/mol. The highest BCUT2D eigenvalue weighted by molar-refractivity contribution is 5.70. The number of amides is 3. The Balaban J connectivity index is 0.000000353. The molecule has 2 saturated heterocycles. The lowest BCUT2D eigenvalue weighted by Crippen LogP contribution is -2.64. The maximum atomic E-state index is 12.5. The molecule has 5 N–H and O–H groups in total. The van der Waals surface area contributed by atoms with Gasteiger partial charge >= 0.3 is 18.3 Å². The number of likely N-dealkylation sites (tertiary alicyclic amines) is 2. The Labute approximate surface area is 274 Å². The molecule has 2 fully saturated rings. The minimum atomic E-state index is -0.766. The number of hydrogen-bond acceptors (Lipinski definition) is 9. The molecule has 3 rings (SSSR count). The fourth-order valence-corrected chi connectivity index (χ4v) is 5.51. The van der Waals surface area contributed by atoms with Crippen molar-refractivity contribution in [3.05, 3.63) is 35.9 Å². The SMILES string of the molecule is CC(CO)C1(N)CCCN(C(=O)OC(C)(C)C)C1.CC(CO)C1(NC(=O)OCc2ccccc2)CCCN(C(=O)OC(C)(C)C)C1. The third kappa shape index (κ3) is 12.3. The zero-order valence-corrected chi connectivity index (χ0v) is 29.1. The summed E-state index contributed by atoms with van der Waals surface area (Å²) < 4.78 is 16.2. The predicted molar refractivity (Wildman–Crippen MR) is 176 cm³/mol. The van der Waals surface area contributed by atoms with Crippen molar-refractivity contribution in [3.63, 3.8) is 0 Å². The van der Waals surface area contributed by atoms with Gasteiger partial charge in [-0.1, -0.05) is 44.2 Å². The minimum absolute atomic E-state index is 0.0252. The largest absolute Gasteiger partial charge is 0.445 e. The van der Waals surface area contributed by atoms with Gasteiger partial charge < -0.3 is 45.3 Å². The molecule has 0 aliphatic carbocycles. The molecule has 0 aromatic heterocycles. The zero-order valence-electron chi connectivity index (χ0n) is 29.1. The molecule has 46 heavy (non-hydrogen) atoms. The van der Waals surface area contributed by atoms with E-state index in [4.69, 9.17) is 19.9 Å². The molecule has 0 radical (unpaired) electrons. The van der Waals surface area contributed by atoms with Gasteiger partial charge in [-0.3, -0.25) is 0 Å². The van der Waals surface area contributed by atoms with E-state index in [2.05, 4.69) is 5.32 Å². The molecule has 12 heteroatoms. The van der Waals surface area contributed by atoms with Crippen molar-refractivity contribution in [3.8, 4) is 0 Å². The van der Waals surface area contributed by atoms with Crippen LogP contribution in [0.1, 0.15) is 86.6 Å². The Hall–Kier alpha value is -3.09. The van der Waals surface area contributed by atoms with Gasteiger partial charge in [-0.15, -0.1) is 0 Å². The average Bonchev–Trinajstić information content (AvgIpc) is 2.98. The number of carbonyl (C=O) groups excluding carboxylic acids is 3. The highest BCUT2D eigenvalue weighted by atomic mass is 16.6. The molecule has 3 amide bonds. The number of rotatable bonds is 7. The van der Waals surface area contributed by atoms with E-state index in [9.17, 15) is 24.6 Å². The Morgan fingerprint density at radius 3 is 1.85 bits per heavy atom. The number of carbonyl (C=O) groups is 3. The molecule has 0 bridgehead atoms. The van der Waals surface area contributed by atoms with Crippen molar-refractivity contribution in [2.24, 2.45) is 17.6 Å². The van der Waals surface area contributed by atoms with Crippen LogP contribution >= 0.6 is 0 Å². The molecule has 1 aromatic carbocycles. The number of piperidine rings is 2. The van der Waals surface area contributed by atoms with Crippen LogP contribution in [0.5, 0.6) is 0 Å². The first-order valence-corrected chi connectivity index (χ1v) is 16.3. The van der Waals surface area contributed by atoms with E-state index >= 15 is 0 Å². The number of aliphatic hydroxyl groups is 2. The van der Waals surface area contributed by atoms with Crippen LogP contribution in [0, 0.1) is 11.8 Å². The molecule has 2 aliphatic rings. The number of nitrogens with two attached hydrogens (primary N) is 1.